The van der Waals surface area contributed by atoms with Gasteiger partial charge in [0.05, 0.1) is 0 Å². The van der Waals surface area contributed by atoms with Gasteiger partial charge in [-0.3, -0.25) is 4.79 Å². The van der Waals surface area contributed by atoms with Crippen molar-refractivity contribution in [2.75, 3.05) is 18.9 Å². The molecule has 1 amide bonds. The lowest BCUT2D eigenvalue weighted by molar-refractivity contribution is -0.120. The third-order valence-corrected chi connectivity index (χ3v) is 4.92. The Hall–Kier alpha value is -1.78. The van der Waals surface area contributed by atoms with Gasteiger partial charge in [-0.1, -0.05) is 48.5 Å². The van der Waals surface area contributed by atoms with Crippen molar-refractivity contribution >= 4 is 17.7 Å². The molecule has 2 rings (SSSR count). The minimum Gasteiger partial charge on any atom is -0.396 e. The standard InChI is InChI=1S/C20H25NO2S/c22-15-12-18(17-7-3-1-4-8-17)11-14-21-20(23)13-16-24-19-9-5-2-6-10-19/h1-10,18,22H,11-16H2,(H,21,23). The highest BCUT2D eigenvalue weighted by Gasteiger charge is 2.11. The monoisotopic (exact) mass is 343 g/mol. The average molecular weight is 343 g/mol. The zero-order valence-corrected chi connectivity index (χ0v) is 14.7. The van der Waals surface area contributed by atoms with Crippen molar-refractivity contribution < 1.29 is 9.90 Å². The lowest BCUT2D eigenvalue weighted by Gasteiger charge is -2.16. The van der Waals surface area contributed by atoms with E-state index in [0.29, 0.717) is 13.0 Å². The fourth-order valence-electron chi connectivity index (χ4n) is 2.61. The molecule has 0 aliphatic carbocycles. The Bertz CT molecular complexity index is 589. The van der Waals surface area contributed by atoms with Gasteiger partial charge in [-0.25, -0.2) is 0 Å². The molecule has 0 aromatic heterocycles. The molecule has 1 atom stereocenters. The van der Waals surface area contributed by atoms with Crippen LogP contribution in [-0.4, -0.2) is 29.9 Å². The predicted octanol–water partition coefficient (Wildman–Crippen LogP) is 3.84. The lowest BCUT2D eigenvalue weighted by atomic mass is 9.93. The lowest BCUT2D eigenvalue weighted by Crippen LogP contribution is -2.26. The molecule has 0 aliphatic heterocycles. The number of thioether (sulfide) groups is 1. The minimum absolute atomic E-state index is 0.0919. The van der Waals surface area contributed by atoms with Gasteiger partial charge in [0, 0.05) is 30.2 Å². The number of hydrogen-bond donors (Lipinski definition) is 2. The summed E-state index contributed by atoms with van der Waals surface area (Å²) >= 11 is 1.70. The van der Waals surface area contributed by atoms with Crippen LogP contribution in [-0.2, 0) is 4.79 Å². The molecule has 0 bridgehead atoms. The molecule has 0 fully saturated rings. The summed E-state index contributed by atoms with van der Waals surface area (Å²) < 4.78 is 0. The van der Waals surface area contributed by atoms with Crippen molar-refractivity contribution in [3.05, 3.63) is 66.2 Å². The van der Waals surface area contributed by atoms with Gasteiger partial charge in [0.1, 0.15) is 0 Å². The average Bonchev–Trinajstić information content (AvgIpc) is 2.63. The van der Waals surface area contributed by atoms with E-state index >= 15 is 0 Å². The van der Waals surface area contributed by atoms with Crippen molar-refractivity contribution in [3.8, 4) is 0 Å². The van der Waals surface area contributed by atoms with E-state index in [4.69, 9.17) is 0 Å². The van der Waals surface area contributed by atoms with Crippen LogP contribution in [0.15, 0.2) is 65.6 Å². The summed E-state index contributed by atoms with van der Waals surface area (Å²) in [7, 11) is 0. The molecule has 0 aliphatic rings. The SMILES string of the molecule is O=C(CCSc1ccccc1)NCCC(CCO)c1ccccc1. The summed E-state index contributed by atoms with van der Waals surface area (Å²) in [4.78, 5) is 13.1. The fourth-order valence-corrected chi connectivity index (χ4v) is 3.48. The minimum atomic E-state index is 0.0919. The predicted molar refractivity (Wildman–Crippen MR) is 100 cm³/mol. The van der Waals surface area contributed by atoms with E-state index < -0.39 is 0 Å². The maximum absolute atomic E-state index is 11.9. The Labute approximate surface area is 148 Å². The normalized spacial score (nSPS) is 11.9. The van der Waals surface area contributed by atoms with Crippen molar-refractivity contribution in [2.24, 2.45) is 0 Å². The molecular weight excluding hydrogens is 318 g/mol. The van der Waals surface area contributed by atoms with Gasteiger partial charge >= 0.3 is 0 Å². The molecular formula is C20H25NO2S. The Morgan fingerprint density at radius 1 is 1.00 bits per heavy atom. The van der Waals surface area contributed by atoms with Crippen molar-refractivity contribution in [1.29, 1.82) is 0 Å². The molecule has 2 aromatic carbocycles. The summed E-state index contributed by atoms with van der Waals surface area (Å²) in [5.74, 6) is 1.17. The topological polar surface area (TPSA) is 49.3 Å². The van der Waals surface area contributed by atoms with Crippen LogP contribution in [0.1, 0.15) is 30.7 Å². The van der Waals surface area contributed by atoms with Gasteiger partial charge in [0.15, 0.2) is 0 Å². The van der Waals surface area contributed by atoms with E-state index in [0.717, 1.165) is 18.6 Å². The number of aliphatic hydroxyl groups excluding tert-OH is 1. The Morgan fingerprint density at radius 2 is 1.67 bits per heavy atom. The van der Waals surface area contributed by atoms with Crippen molar-refractivity contribution in [2.45, 2.75) is 30.1 Å². The maximum atomic E-state index is 11.9. The van der Waals surface area contributed by atoms with E-state index in [1.54, 1.807) is 11.8 Å². The highest BCUT2D eigenvalue weighted by molar-refractivity contribution is 7.99. The quantitative estimate of drug-likeness (QED) is 0.644. The summed E-state index contributed by atoms with van der Waals surface area (Å²) in [5.41, 5.74) is 1.22. The molecule has 0 saturated heterocycles. The molecule has 0 heterocycles. The molecule has 0 radical (unpaired) electrons. The second-order valence-electron chi connectivity index (χ2n) is 5.67. The third-order valence-electron chi connectivity index (χ3n) is 3.90. The first-order valence-corrected chi connectivity index (χ1v) is 9.38. The van der Waals surface area contributed by atoms with E-state index in [9.17, 15) is 9.90 Å². The van der Waals surface area contributed by atoms with Gasteiger partial charge in [0.25, 0.3) is 0 Å². The number of aliphatic hydroxyl groups is 1. The Balaban J connectivity index is 1.67. The summed E-state index contributed by atoms with van der Waals surface area (Å²) in [6.07, 6.45) is 2.10. The molecule has 4 heteroatoms. The summed E-state index contributed by atoms with van der Waals surface area (Å²) in [5, 5.41) is 12.2. The number of carbonyl (C=O) groups is 1. The smallest absolute Gasteiger partial charge is 0.220 e. The molecule has 0 saturated carbocycles. The zero-order valence-electron chi connectivity index (χ0n) is 13.9. The van der Waals surface area contributed by atoms with Crippen molar-refractivity contribution in [3.63, 3.8) is 0 Å². The second-order valence-corrected chi connectivity index (χ2v) is 6.84. The number of hydrogen-bond acceptors (Lipinski definition) is 3. The van der Waals surface area contributed by atoms with Crippen LogP contribution in [0.25, 0.3) is 0 Å². The van der Waals surface area contributed by atoms with Gasteiger partial charge < -0.3 is 10.4 Å². The first-order valence-electron chi connectivity index (χ1n) is 8.40. The molecule has 1 unspecified atom stereocenters. The molecule has 128 valence electrons. The maximum Gasteiger partial charge on any atom is 0.220 e. The Morgan fingerprint density at radius 3 is 2.33 bits per heavy atom. The molecule has 2 N–H and O–H groups in total. The molecule has 3 nitrogen and oxygen atoms in total. The van der Waals surface area contributed by atoms with Crippen LogP contribution in [0.4, 0.5) is 0 Å². The summed E-state index contributed by atoms with van der Waals surface area (Å²) in [6, 6.07) is 20.3. The number of benzene rings is 2. The van der Waals surface area contributed by atoms with Gasteiger partial charge in [0.2, 0.25) is 5.91 Å². The van der Waals surface area contributed by atoms with Crippen LogP contribution in [0.2, 0.25) is 0 Å². The van der Waals surface area contributed by atoms with Crippen molar-refractivity contribution in [1.82, 2.24) is 5.32 Å². The second kappa shape index (κ2) is 10.9. The van der Waals surface area contributed by atoms with Gasteiger partial charge in [-0.15, -0.1) is 11.8 Å². The Kier molecular flexibility index (Phi) is 8.42. The largest absolute Gasteiger partial charge is 0.396 e. The van der Waals surface area contributed by atoms with Crippen LogP contribution >= 0.6 is 11.8 Å². The molecule has 2 aromatic rings. The van der Waals surface area contributed by atoms with E-state index in [-0.39, 0.29) is 18.4 Å². The first kappa shape index (κ1) is 18.6. The van der Waals surface area contributed by atoms with E-state index in [1.165, 1.54) is 10.5 Å². The zero-order chi connectivity index (χ0) is 17.0. The first-order chi connectivity index (χ1) is 11.8. The van der Waals surface area contributed by atoms with Crippen LogP contribution in [0.5, 0.6) is 0 Å². The van der Waals surface area contributed by atoms with Gasteiger partial charge in [-0.2, -0.15) is 0 Å². The number of rotatable bonds is 10. The summed E-state index contributed by atoms with van der Waals surface area (Å²) in [6.45, 7) is 0.815. The van der Waals surface area contributed by atoms with E-state index in [2.05, 4.69) is 29.6 Å². The van der Waals surface area contributed by atoms with Crippen LogP contribution < -0.4 is 5.32 Å². The molecule has 24 heavy (non-hydrogen) atoms. The molecule has 0 spiro atoms. The van der Waals surface area contributed by atoms with Crippen LogP contribution in [0.3, 0.4) is 0 Å². The number of amides is 1. The van der Waals surface area contributed by atoms with Crippen LogP contribution in [0, 0.1) is 0 Å². The highest BCUT2D eigenvalue weighted by atomic mass is 32.2. The van der Waals surface area contributed by atoms with E-state index in [1.807, 2.05) is 36.4 Å². The highest BCUT2D eigenvalue weighted by Crippen LogP contribution is 2.22. The third kappa shape index (κ3) is 6.77. The number of carbonyl (C=O) groups excluding carboxylic acids is 1. The fraction of sp³-hybridized carbons (Fsp3) is 0.350. The number of nitrogens with one attached hydrogen (secondary N) is 1. The van der Waals surface area contributed by atoms with Gasteiger partial charge in [-0.05, 0) is 36.5 Å².